The zero-order chi connectivity index (χ0) is 12.1. The number of carbonyl (C=O) groups is 1. The number of hydrogen-bond donors (Lipinski definition) is 1. The Labute approximate surface area is 131 Å². The Balaban J connectivity index is 0.00000162. The van der Waals surface area contributed by atoms with E-state index in [9.17, 15) is 4.79 Å². The smallest absolute Gasteiger partial charge is 0.328 e. The largest absolute Gasteiger partial charge is 0.478 e. The number of carboxylic acids is 1. The van der Waals surface area contributed by atoms with Gasteiger partial charge in [0.15, 0.2) is 0 Å². The predicted molar refractivity (Wildman–Crippen MR) is 67.4 cm³/mol. The maximum atomic E-state index is 10.4. The molecule has 2 nitrogen and oxygen atoms in total. The van der Waals surface area contributed by atoms with Crippen molar-refractivity contribution in [3.8, 4) is 11.1 Å². The van der Waals surface area contributed by atoms with Crippen LogP contribution in [0.1, 0.15) is 5.56 Å². The summed E-state index contributed by atoms with van der Waals surface area (Å²) >= 11 is 0. The molecular formula is C15H11O2Y-. The van der Waals surface area contributed by atoms with Crippen LogP contribution in [0.3, 0.4) is 0 Å². The maximum absolute atomic E-state index is 10.4. The molecule has 0 aliphatic carbocycles. The van der Waals surface area contributed by atoms with E-state index in [0.29, 0.717) is 0 Å². The van der Waals surface area contributed by atoms with Crippen molar-refractivity contribution in [3.05, 3.63) is 66.2 Å². The van der Waals surface area contributed by atoms with E-state index in [-0.39, 0.29) is 32.7 Å². The molecule has 18 heavy (non-hydrogen) atoms. The van der Waals surface area contributed by atoms with Gasteiger partial charge in [0.05, 0.1) is 0 Å². The van der Waals surface area contributed by atoms with Gasteiger partial charge < -0.3 is 5.11 Å². The number of benzene rings is 2. The van der Waals surface area contributed by atoms with Gasteiger partial charge in [-0.2, -0.15) is 30.3 Å². The van der Waals surface area contributed by atoms with Gasteiger partial charge in [-0.05, 0) is 17.2 Å². The third-order valence-corrected chi connectivity index (χ3v) is 2.38. The van der Waals surface area contributed by atoms with Crippen LogP contribution in [0.15, 0.2) is 54.6 Å². The summed E-state index contributed by atoms with van der Waals surface area (Å²) in [6, 6.07) is 18.4. The first-order valence-electron chi connectivity index (χ1n) is 5.23. The summed E-state index contributed by atoms with van der Waals surface area (Å²) < 4.78 is 0. The predicted octanol–water partition coefficient (Wildman–Crippen LogP) is 3.25. The molecule has 0 saturated heterocycles. The van der Waals surface area contributed by atoms with E-state index >= 15 is 0 Å². The molecule has 2 aromatic carbocycles. The van der Waals surface area contributed by atoms with Gasteiger partial charge in [0, 0.05) is 38.8 Å². The zero-order valence-electron chi connectivity index (χ0n) is 9.71. The standard InChI is InChI=1S/C15H11O2.Y/c16-15(17)11-8-12-6-9-14(10-7-12)13-4-2-1-3-5-13;/h2-11H,(H,16,17);/q-1;. The topological polar surface area (TPSA) is 37.3 Å². The first kappa shape index (κ1) is 14.8. The quantitative estimate of drug-likeness (QED) is 0.698. The summed E-state index contributed by atoms with van der Waals surface area (Å²) in [5, 5.41) is 8.52. The number of hydrogen-bond acceptors (Lipinski definition) is 1. The minimum absolute atomic E-state index is 0. The summed E-state index contributed by atoms with van der Waals surface area (Å²) in [4.78, 5) is 10.4. The third kappa shape index (κ3) is 4.21. The van der Waals surface area contributed by atoms with Crippen molar-refractivity contribution in [2.75, 3.05) is 0 Å². The second-order valence-electron chi connectivity index (χ2n) is 3.58. The molecule has 0 saturated carbocycles. The Hall–Kier alpha value is -1.25. The summed E-state index contributed by atoms with van der Waals surface area (Å²) in [6.45, 7) is 0. The van der Waals surface area contributed by atoms with Crippen molar-refractivity contribution in [2.45, 2.75) is 0 Å². The molecule has 0 heterocycles. The second-order valence-corrected chi connectivity index (χ2v) is 3.58. The number of rotatable bonds is 3. The van der Waals surface area contributed by atoms with Crippen LogP contribution in [-0.2, 0) is 37.5 Å². The van der Waals surface area contributed by atoms with Gasteiger partial charge >= 0.3 is 5.97 Å². The van der Waals surface area contributed by atoms with Crippen LogP contribution in [0.4, 0.5) is 0 Å². The number of aliphatic carboxylic acids is 1. The molecule has 1 radical (unpaired) electrons. The monoisotopic (exact) mass is 312 g/mol. The fraction of sp³-hybridized carbons (Fsp3) is 0. The number of carboxylic acid groups (broad SMARTS) is 1. The molecular weight excluding hydrogens is 301 g/mol. The van der Waals surface area contributed by atoms with Crippen molar-refractivity contribution >= 4 is 12.0 Å². The van der Waals surface area contributed by atoms with Crippen LogP contribution in [-0.4, -0.2) is 11.1 Å². The van der Waals surface area contributed by atoms with Crippen molar-refractivity contribution in [1.29, 1.82) is 0 Å². The van der Waals surface area contributed by atoms with Gasteiger partial charge in [0.2, 0.25) is 0 Å². The molecule has 0 aliphatic heterocycles. The van der Waals surface area contributed by atoms with Crippen LogP contribution in [0.2, 0.25) is 0 Å². The molecule has 0 unspecified atom stereocenters. The van der Waals surface area contributed by atoms with E-state index in [1.807, 2.05) is 48.5 Å². The minimum Gasteiger partial charge on any atom is -0.478 e. The Kier molecular flexibility index (Phi) is 5.96. The summed E-state index contributed by atoms with van der Waals surface area (Å²) in [7, 11) is 0. The van der Waals surface area contributed by atoms with Crippen molar-refractivity contribution < 1.29 is 42.6 Å². The molecule has 0 aliphatic rings. The van der Waals surface area contributed by atoms with Crippen LogP contribution < -0.4 is 0 Å². The van der Waals surface area contributed by atoms with E-state index in [4.69, 9.17) is 5.11 Å². The Morgan fingerprint density at radius 1 is 1.00 bits per heavy atom. The molecule has 3 heteroatoms. The maximum Gasteiger partial charge on any atom is 0.328 e. The molecule has 0 fully saturated rings. The van der Waals surface area contributed by atoms with Crippen LogP contribution >= 0.6 is 0 Å². The van der Waals surface area contributed by atoms with Gasteiger partial charge in [-0.1, -0.05) is 24.3 Å². The van der Waals surface area contributed by atoms with Crippen molar-refractivity contribution in [1.82, 2.24) is 0 Å². The van der Waals surface area contributed by atoms with E-state index < -0.39 is 5.97 Å². The van der Waals surface area contributed by atoms with E-state index in [0.717, 1.165) is 22.8 Å². The SMILES string of the molecule is O=C(O)C=Cc1ccc(-c2cc[c-]cc2)cc1.[Y]. The van der Waals surface area contributed by atoms with Gasteiger partial charge in [-0.15, -0.1) is 5.56 Å². The van der Waals surface area contributed by atoms with Crippen LogP contribution in [0, 0.1) is 6.07 Å². The van der Waals surface area contributed by atoms with Crippen molar-refractivity contribution in [3.63, 3.8) is 0 Å². The average Bonchev–Trinajstić information content (AvgIpc) is 2.38. The van der Waals surface area contributed by atoms with Crippen LogP contribution in [0.25, 0.3) is 17.2 Å². The Morgan fingerprint density at radius 3 is 2.11 bits per heavy atom. The molecule has 0 aromatic heterocycles. The van der Waals surface area contributed by atoms with Crippen molar-refractivity contribution in [2.24, 2.45) is 0 Å². The fourth-order valence-corrected chi connectivity index (χ4v) is 1.53. The molecule has 0 spiro atoms. The Morgan fingerprint density at radius 2 is 1.56 bits per heavy atom. The first-order chi connectivity index (χ1) is 8.25. The Bertz CT molecular complexity index is 530. The third-order valence-electron chi connectivity index (χ3n) is 2.38. The molecule has 2 aromatic rings. The van der Waals surface area contributed by atoms with Crippen LogP contribution in [0.5, 0.6) is 0 Å². The minimum atomic E-state index is -0.937. The van der Waals surface area contributed by atoms with Gasteiger partial charge in [-0.3, -0.25) is 0 Å². The summed E-state index contributed by atoms with van der Waals surface area (Å²) in [5.41, 5.74) is 3.10. The van der Waals surface area contributed by atoms with Gasteiger partial charge in [0.1, 0.15) is 0 Å². The second kappa shape index (κ2) is 7.25. The summed E-state index contributed by atoms with van der Waals surface area (Å²) in [6.07, 6.45) is 2.71. The fourth-order valence-electron chi connectivity index (χ4n) is 1.53. The molecule has 87 valence electrons. The molecule has 0 atom stereocenters. The zero-order valence-corrected chi connectivity index (χ0v) is 12.5. The summed E-state index contributed by atoms with van der Waals surface area (Å²) in [5.74, 6) is -0.937. The molecule has 0 amide bonds. The van der Waals surface area contributed by atoms with E-state index in [1.165, 1.54) is 0 Å². The molecule has 1 N–H and O–H groups in total. The van der Waals surface area contributed by atoms with E-state index in [1.54, 1.807) is 6.08 Å². The molecule has 2 rings (SSSR count). The van der Waals surface area contributed by atoms with Gasteiger partial charge in [-0.25, -0.2) is 4.79 Å². The van der Waals surface area contributed by atoms with Gasteiger partial charge in [0.25, 0.3) is 0 Å². The average molecular weight is 312 g/mol. The molecule has 0 bridgehead atoms. The van der Waals surface area contributed by atoms with E-state index in [2.05, 4.69) is 6.07 Å². The normalized spacial score (nSPS) is 10.0. The first-order valence-corrected chi connectivity index (χ1v) is 5.23.